The molecule has 0 spiro atoms. The molecule has 30 heavy (non-hydrogen) atoms. The van der Waals surface area contributed by atoms with Gasteiger partial charge in [0.2, 0.25) is 5.91 Å². The van der Waals surface area contributed by atoms with Crippen molar-refractivity contribution >= 4 is 23.6 Å². The summed E-state index contributed by atoms with van der Waals surface area (Å²) < 4.78 is 7.02. The van der Waals surface area contributed by atoms with E-state index in [1.165, 1.54) is 5.56 Å². The molecule has 2 heterocycles. The minimum Gasteiger partial charge on any atom is -0.497 e. The van der Waals surface area contributed by atoms with Gasteiger partial charge in [-0.05, 0) is 36.6 Å². The molecule has 1 aromatic heterocycles. The number of hydrogen-bond donors (Lipinski definition) is 0. The van der Waals surface area contributed by atoms with Gasteiger partial charge in [-0.2, -0.15) is 5.10 Å². The maximum Gasteiger partial charge on any atom is 0.246 e. The van der Waals surface area contributed by atoms with Gasteiger partial charge in [-0.3, -0.25) is 14.4 Å². The van der Waals surface area contributed by atoms with Crippen LogP contribution in [0.25, 0.3) is 6.08 Å². The van der Waals surface area contributed by atoms with E-state index >= 15 is 0 Å². The van der Waals surface area contributed by atoms with Crippen molar-refractivity contribution in [2.24, 2.45) is 5.92 Å². The van der Waals surface area contributed by atoms with Gasteiger partial charge < -0.3 is 9.64 Å². The molecule has 1 amide bonds. The molecule has 0 unspecified atom stereocenters. The van der Waals surface area contributed by atoms with Crippen LogP contribution < -0.4 is 4.74 Å². The number of carbonyl (C=O) groups is 1. The van der Waals surface area contributed by atoms with E-state index in [4.69, 9.17) is 16.3 Å². The maximum absolute atomic E-state index is 12.7. The first-order chi connectivity index (χ1) is 14.4. The lowest BCUT2D eigenvalue weighted by Crippen LogP contribution is -2.47. The molecule has 1 aromatic carbocycles. The quantitative estimate of drug-likeness (QED) is 0.626. The standard InChI is InChI=1S/C23H31ClN4O2/c1-17(2)15-28-23(24)21(18(3)25-28)9-10-22(29)27-13-11-26(12-14-27)16-19-5-7-20(30-4)8-6-19/h5-10,17H,11-16H2,1-4H3/b10-9+. The van der Waals surface area contributed by atoms with Gasteiger partial charge in [-0.15, -0.1) is 0 Å². The van der Waals surface area contributed by atoms with Crippen LogP contribution >= 0.6 is 11.6 Å². The number of aryl methyl sites for hydroxylation is 1. The molecule has 3 rings (SSSR count). The summed E-state index contributed by atoms with van der Waals surface area (Å²) in [6.45, 7) is 11.0. The van der Waals surface area contributed by atoms with Crippen molar-refractivity contribution < 1.29 is 9.53 Å². The monoisotopic (exact) mass is 430 g/mol. The smallest absolute Gasteiger partial charge is 0.246 e. The average molecular weight is 431 g/mol. The zero-order valence-corrected chi connectivity index (χ0v) is 19.0. The summed E-state index contributed by atoms with van der Waals surface area (Å²) in [6.07, 6.45) is 3.42. The fourth-order valence-corrected chi connectivity index (χ4v) is 3.91. The Morgan fingerprint density at radius 3 is 2.47 bits per heavy atom. The van der Waals surface area contributed by atoms with Crippen LogP contribution in [0.4, 0.5) is 0 Å². The molecule has 2 aromatic rings. The first kappa shape index (κ1) is 22.4. The van der Waals surface area contributed by atoms with E-state index in [1.54, 1.807) is 19.3 Å². The maximum atomic E-state index is 12.7. The molecule has 0 radical (unpaired) electrons. The Kier molecular flexibility index (Phi) is 7.56. The molecule has 1 aliphatic heterocycles. The van der Waals surface area contributed by atoms with Crippen molar-refractivity contribution in [2.75, 3.05) is 33.3 Å². The predicted octanol–water partition coefficient (Wildman–Crippen LogP) is 3.87. The van der Waals surface area contributed by atoms with Gasteiger partial charge in [0, 0.05) is 50.9 Å². The fourth-order valence-electron chi connectivity index (χ4n) is 3.60. The molecule has 1 fully saturated rings. The van der Waals surface area contributed by atoms with Crippen LogP contribution in [0.5, 0.6) is 5.75 Å². The number of hydrogen-bond acceptors (Lipinski definition) is 4. The Morgan fingerprint density at radius 1 is 1.20 bits per heavy atom. The lowest BCUT2D eigenvalue weighted by atomic mass is 10.2. The number of nitrogens with zero attached hydrogens (tertiary/aromatic N) is 4. The molecule has 0 saturated carbocycles. The number of aromatic nitrogens is 2. The third kappa shape index (κ3) is 5.64. The lowest BCUT2D eigenvalue weighted by Gasteiger charge is -2.34. The number of piperazine rings is 1. The van der Waals surface area contributed by atoms with E-state index in [0.29, 0.717) is 11.1 Å². The van der Waals surface area contributed by atoms with Crippen LogP contribution in [0, 0.1) is 12.8 Å². The second kappa shape index (κ2) is 10.1. The van der Waals surface area contributed by atoms with Crippen LogP contribution in [0.15, 0.2) is 30.3 Å². The van der Waals surface area contributed by atoms with E-state index in [1.807, 2.05) is 28.6 Å². The molecule has 162 valence electrons. The number of halogens is 1. The van der Waals surface area contributed by atoms with Crippen molar-refractivity contribution in [1.82, 2.24) is 19.6 Å². The molecule has 6 nitrogen and oxygen atoms in total. The van der Waals surface area contributed by atoms with E-state index in [0.717, 1.165) is 56.3 Å². The summed E-state index contributed by atoms with van der Waals surface area (Å²) in [4.78, 5) is 16.9. The van der Waals surface area contributed by atoms with Crippen molar-refractivity contribution in [3.63, 3.8) is 0 Å². The first-order valence-electron chi connectivity index (χ1n) is 10.4. The van der Waals surface area contributed by atoms with Gasteiger partial charge >= 0.3 is 0 Å². The molecule has 0 atom stereocenters. The second-order valence-corrected chi connectivity index (χ2v) is 8.51. The van der Waals surface area contributed by atoms with E-state index in [2.05, 4.69) is 36.0 Å². The highest BCUT2D eigenvalue weighted by atomic mass is 35.5. The van der Waals surface area contributed by atoms with Crippen LogP contribution in [0.1, 0.15) is 30.7 Å². The van der Waals surface area contributed by atoms with Gasteiger partial charge in [-0.25, -0.2) is 0 Å². The summed E-state index contributed by atoms with van der Waals surface area (Å²) >= 11 is 6.47. The van der Waals surface area contributed by atoms with E-state index < -0.39 is 0 Å². The summed E-state index contributed by atoms with van der Waals surface area (Å²) in [6, 6.07) is 8.14. The average Bonchev–Trinajstić information content (AvgIpc) is 2.99. The normalized spacial score (nSPS) is 15.3. The number of ether oxygens (including phenoxy) is 1. The van der Waals surface area contributed by atoms with Crippen LogP contribution in [0.3, 0.4) is 0 Å². The summed E-state index contributed by atoms with van der Waals surface area (Å²) in [5.41, 5.74) is 2.91. The van der Waals surface area contributed by atoms with Gasteiger partial charge in [-0.1, -0.05) is 37.6 Å². The number of rotatable bonds is 7. The third-order valence-electron chi connectivity index (χ3n) is 5.29. The van der Waals surface area contributed by atoms with E-state index in [-0.39, 0.29) is 5.91 Å². The van der Waals surface area contributed by atoms with E-state index in [9.17, 15) is 4.79 Å². The van der Waals surface area contributed by atoms with Crippen LogP contribution in [0.2, 0.25) is 5.15 Å². The molecule has 1 saturated heterocycles. The van der Waals surface area contributed by atoms with Crippen LogP contribution in [-0.2, 0) is 17.9 Å². The molecule has 0 aliphatic carbocycles. The predicted molar refractivity (Wildman–Crippen MR) is 121 cm³/mol. The minimum atomic E-state index is 0.0196. The highest BCUT2D eigenvalue weighted by Gasteiger charge is 2.20. The summed E-state index contributed by atoms with van der Waals surface area (Å²) in [5, 5.41) is 5.09. The second-order valence-electron chi connectivity index (χ2n) is 8.15. The topological polar surface area (TPSA) is 50.6 Å². The fraction of sp³-hybridized carbons (Fsp3) is 0.478. The number of amides is 1. The Morgan fingerprint density at radius 2 is 1.87 bits per heavy atom. The van der Waals surface area contributed by atoms with Gasteiger partial charge in [0.15, 0.2) is 0 Å². The summed E-state index contributed by atoms with van der Waals surface area (Å²) in [7, 11) is 1.67. The molecule has 0 bridgehead atoms. The number of carbonyl (C=O) groups excluding carboxylic acids is 1. The zero-order valence-electron chi connectivity index (χ0n) is 18.3. The highest BCUT2D eigenvalue weighted by molar-refractivity contribution is 6.31. The third-order valence-corrected chi connectivity index (χ3v) is 5.69. The number of benzene rings is 1. The summed E-state index contributed by atoms with van der Waals surface area (Å²) in [5.74, 6) is 1.34. The Labute approximate surface area is 184 Å². The number of methoxy groups -OCH3 is 1. The SMILES string of the molecule is COc1ccc(CN2CCN(C(=O)/C=C/c3c(C)nn(CC(C)C)c3Cl)CC2)cc1. The lowest BCUT2D eigenvalue weighted by molar-refractivity contribution is -0.127. The molecule has 1 aliphatic rings. The van der Waals surface area contributed by atoms with Gasteiger partial charge in [0.25, 0.3) is 0 Å². The molecule has 0 N–H and O–H groups in total. The van der Waals surface area contributed by atoms with Crippen molar-refractivity contribution in [3.8, 4) is 5.75 Å². The molecular weight excluding hydrogens is 400 g/mol. The van der Waals surface area contributed by atoms with Crippen LogP contribution in [-0.4, -0.2) is 58.8 Å². The minimum absolute atomic E-state index is 0.0196. The Bertz CT molecular complexity index is 881. The van der Waals surface area contributed by atoms with Gasteiger partial charge in [0.1, 0.15) is 10.9 Å². The molecular formula is C23H31ClN4O2. The van der Waals surface area contributed by atoms with Crippen molar-refractivity contribution in [3.05, 3.63) is 52.3 Å². The molecule has 7 heteroatoms. The zero-order chi connectivity index (χ0) is 21.7. The first-order valence-corrected chi connectivity index (χ1v) is 10.8. The Balaban J connectivity index is 1.53. The van der Waals surface area contributed by atoms with Crippen molar-refractivity contribution in [2.45, 2.75) is 33.9 Å². The largest absolute Gasteiger partial charge is 0.497 e. The van der Waals surface area contributed by atoms with Gasteiger partial charge in [0.05, 0.1) is 12.8 Å². The van der Waals surface area contributed by atoms with Crippen molar-refractivity contribution in [1.29, 1.82) is 0 Å². The highest BCUT2D eigenvalue weighted by Crippen LogP contribution is 2.22. The Hall–Kier alpha value is -2.31.